The molecule has 0 aromatic rings. The molecule has 2 amide bonds. The van der Waals surface area contributed by atoms with E-state index in [4.69, 9.17) is 14.2 Å². The third-order valence-electron chi connectivity index (χ3n) is 4.33. The number of hydrogen-bond acceptors (Lipinski definition) is 6. The molecule has 3 atom stereocenters. The van der Waals surface area contributed by atoms with Crippen molar-refractivity contribution < 1.29 is 28.6 Å². The zero-order valence-electron chi connectivity index (χ0n) is 16.7. The van der Waals surface area contributed by atoms with Crippen LogP contribution in [0.5, 0.6) is 0 Å². The fourth-order valence-electron chi connectivity index (χ4n) is 3.46. The smallest absolute Gasteiger partial charge is 0.411 e. The Balaban J connectivity index is 2.28. The van der Waals surface area contributed by atoms with E-state index in [-0.39, 0.29) is 12.6 Å². The highest BCUT2D eigenvalue weighted by molar-refractivity contribution is 5.84. The van der Waals surface area contributed by atoms with Crippen LogP contribution >= 0.6 is 0 Å². The second-order valence-corrected chi connectivity index (χ2v) is 8.79. The van der Waals surface area contributed by atoms with Gasteiger partial charge in [-0.05, 0) is 54.4 Å². The second kappa shape index (κ2) is 6.96. The Hall–Kier alpha value is -1.99. The standard InChI is InChI=1S/C18H30N2O6/c1-17(2,3)25-15(22)19-10-11-8-9-12(13(19)14(21)24-7)20(11)16(23)26-18(4,5)6/h11-13H,8-10H2,1-7H3/t11-,12+,13+/m0/s1. The number of amides is 2. The van der Waals surface area contributed by atoms with Gasteiger partial charge in [0.05, 0.1) is 19.2 Å². The number of ether oxygens (including phenoxy) is 3. The molecule has 2 bridgehead atoms. The molecule has 2 rings (SSSR count). The minimum atomic E-state index is -0.902. The number of esters is 1. The minimum absolute atomic E-state index is 0.205. The van der Waals surface area contributed by atoms with Crippen LogP contribution in [0.3, 0.4) is 0 Å². The van der Waals surface area contributed by atoms with Crippen LogP contribution in [-0.4, -0.2) is 70.9 Å². The molecule has 0 radical (unpaired) electrons. The molecule has 8 nitrogen and oxygen atoms in total. The summed E-state index contributed by atoms with van der Waals surface area (Å²) in [6.07, 6.45) is 0.246. The van der Waals surface area contributed by atoms with Crippen LogP contribution < -0.4 is 0 Å². The van der Waals surface area contributed by atoms with Crippen molar-refractivity contribution in [2.24, 2.45) is 0 Å². The van der Waals surface area contributed by atoms with E-state index in [0.717, 1.165) is 0 Å². The summed E-state index contributed by atoms with van der Waals surface area (Å²) in [6.45, 7) is 10.9. The van der Waals surface area contributed by atoms with E-state index < -0.39 is 41.4 Å². The molecule has 0 aromatic heterocycles. The molecular formula is C18H30N2O6. The summed E-state index contributed by atoms with van der Waals surface area (Å²) in [5.74, 6) is -0.560. The van der Waals surface area contributed by atoms with Gasteiger partial charge in [-0.3, -0.25) is 9.80 Å². The Morgan fingerprint density at radius 1 is 0.885 bits per heavy atom. The van der Waals surface area contributed by atoms with E-state index in [1.165, 1.54) is 12.0 Å². The van der Waals surface area contributed by atoms with Gasteiger partial charge in [0, 0.05) is 6.54 Å². The SMILES string of the molecule is COC(=O)[C@H]1[C@H]2CC[C@@H](CN1C(=O)OC(C)(C)C)N2C(=O)OC(C)(C)C. The van der Waals surface area contributed by atoms with Crippen LogP contribution in [0.25, 0.3) is 0 Å². The average molecular weight is 370 g/mol. The first-order chi connectivity index (χ1) is 11.8. The average Bonchev–Trinajstić information content (AvgIpc) is 2.77. The van der Waals surface area contributed by atoms with Gasteiger partial charge in [0.2, 0.25) is 0 Å². The van der Waals surface area contributed by atoms with Gasteiger partial charge >= 0.3 is 18.2 Å². The summed E-state index contributed by atoms with van der Waals surface area (Å²) in [6, 6.07) is -1.59. The van der Waals surface area contributed by atoms with Crippen molar-refractivity contribution in [2.75, 3.05) is 13.7 Å². The van der Waals surface area contributed by atoms with Crippen LogP contribution in [-0.2, 0) is 19.0 Å². The number of piperazine rings is 1. The number of hydrogen-bond donors (Lipinski definition) is 0. The van der Waals surface area contributed by atoms with E-state index in [1.807, 2.05) is 0 Å². The summed E-state index contributed by atoms with van der Waals surface area (Å²) >= 11 is 0. The maximum Gasteiger partial charge on any atom is 0.411 e. The number of methoxy groups -OCH3 is 1. The Morgan fingerprint density at radius 3 is 1.92 bits per heavy atom. The lowest BCUT2D eigenvalue weighted by Gasteiger charge is -2.45. The molecule has 0 unspecified atom stereocenters. The van der Waals surface area contributed by atoms with Crippen LogP contribution in [0.4, 0.5) is 9.59 Å². The highest BCUT2D eigenvalue weighted by Gasteiger charge is 2.54. The highest BCUT2D eigenvalue weighted by Crippen LogP contribution is 2.36. The zero-order chi connectivity index (χ0) is 19.9. The van der Waals surface area contributed by atoms with E-state index in [1.54, 1.807) is 46.4 Å². The Labute approximate surface area is 154 Å². The quantitative estimate of drug-likeness (QED) is 0.521. The third-order valence-corrected chi connectivity index (χ3v) is 4.33. The summed E-state index contributed by atoms with van der Waals surface area (Å²) in [4.78, 5) is 40.7. The molecule has 0 N–H and O–H groups in total. The second-order valence-electron chi connectivity index (χ2n) is 8.79. The Bertz CT molecular complexity index is 577. The largest absolute Gasteiger partial charge is 0.467 e. The van der Waals surface area contributed by atoms with Crippen LogP contribution in [0, 0.1) is 0 Å². The lowest BCUT2D eigenvalue weighted by Crippen LogP contribution is -2.65. The fraction of sp³-hybridized carbons (Fsp3) is 0.833. The predicted molar refractivity (Wildman–Crippen MR) is 93.6 cm³/mol. The van der Waals surface area contributed by atoms with Crippen molar-refractivity contribution in [3.8, 4) is 0 Å². The van der Waals surface area contributed by atoms with E-state index in [2.05, 4.69) is 0 Å². The van der Waals surface area contributed by atoms with Gasteiger partial charge in [0.15, 0.2) is 6.04 Å². The van der Waals surface area contributed by atoms with Gasteiger partial charge in [-0.25, -0.2) is 14.4 Å². The van der Waals surface area contributed by atoms with E-state index >= 15 is 0 Å². The number of fused-ring (bicyclic) bond motifs is 2. The van der Waals surface area contributed by atoms with Gasteiger partial charge in [-0.2, -0.15) is 0 Å². The molecule has 26 heavy (non-hydrogen) atoms. The summed E-state index contributed by atoms with van der Waals surface area (Å²) in [7, 11) is 1.27. The Kier molecular flexibility index (Phi) is 5.44. The third kappa shape index (κ3) is 4.40. The van der Waals surface area contributed by atoms with Crippen LogP contribution in [0.15, 0.2) is 0 Å². The topological polar surface area (TPSA) is 85.4 Å². The maximum absolute atomic E-state index is 12.7. The molecule has 0 saturated carbocycles. The van der Waals surface area contributed by atoms with E-state index in [0.29, 0.717) is 12.8 Å². The number of rotatable bonds is 1. The first kappa shape index (κ1) is 20.3. The zero-order valence-corrected chi connectivity index (χ0v) is 16.7. The van der Waals surface area contributed by atoms with Crippen molar-refractivity contribution in [1.82, 2.24) is 9.80 Å². The highest BCUT2D eigenvalue weighted by atomic mass is 16.6. The van der Waals surface area contributed by atoms with Gasteiger partial charge < -0.3 is 14.2 Å². The molecule has 148 valence electrons. The molecule has 2 fully saturated rings. The predicted octanol–water partition coefficient (Wildman–Crippen LogP) is 2.55. The first-order valence-corrected chi connectivity index (χ1v) is 8.93. The molecule has 2 aliphatic rings. The number of nitrogens with zero attached hydrogens (tertiary/aromatic N) is 2. The lowest BCUT2D eigenvalue weighted by molar-refractivity contribution is -0.151. The van der Waals surface area contributed by atoms with Crippen molar-refractivity contribution in [3.63, 3.8) is 0 Å². The maximum atomic E-state index is 12.7. The molecule has 0 spiro atoms. The number of carbonyl (C=O) groups is 3. The van der Waals surface area contributed by atoms with Gasteiger partial charge in [-0.15, -0.1) is 0 Å². The molecule has 2 saturated heterocycles. The minimum Gasteiger partial charge on any atom is -0.467 e. The molecular weight excluding hydrogens is 340 g/mol. The Morgan fingerprint density at radius 2 is 1.42 bits per heavy atom. The fourth-order valence-corrected chi connectivity index (χ4v) is 3.46. The van der Waals surface area contributed by atoms with Gasteiger partial charge in [0.1, 0.15) is 11.2 Å². The van der Waals surface area contributed by atoms with Gasteiger partial charge in [-0.1, -0.05) is 0 Å². The van der Waals surface area contributed by atoms with Crippen molar-refractivity contribution in [3.05, 3.63) is 0 Å². The molecule has 2 aliphatic heterocycles. The number of likely N-dealkylation sites (tertiary alicyclic amines) is 1. The molecule has 8 heteroatoms. The number of carbonyl (C=O) groups excluding carboxylic acids is 3. The monoisotopic (exact) mass is 370 g/mol. The van der Waals surface area contributed by atoms with Crippen LogP contribution in [0.1, 0.15) is 54.4 Å². The lowest BCUT2D eigenvalue weighted by atomic mass is 10.0. The molecule has 0 aliphatic carbocycles. The van der Waals surface area contributed by atoms with Gasteiger partial charge in [0.25, 0.3) is 0 Å². The van der Waals surface area contributed by atoms with Crippen molar-refractivity contribution in [2.45, 2.75) is 83.7 Å². The summed E-state index contributed by atoms with van der Waals surface area (Å²) < 4.78 is 15.9. The van der Waals surface area contributed by atoms with E-state index in [9.17, 15) is 14.4 Å². The summed E-state index contributed by atoms with van der Waals surface area (Å²) in [5.41, 5.74) is -1.32. The van der Waals surface area contributed by atoms with Crippen LogP contribution in [0.2, 0.25) is 0 Å². The molecule has 0 aromatic carbocycles. The van der Waals surface area contributed by atoms with Crippen molar-refractivity contribution in [1.29, 1.82) is 0 Å². The first-order valence-electron chi connectivity index (χ1n) is 8.93. The normalized spacial score (nSPS) is 25.7. The van der Waals surface area contributed by atoms with Crippen molar-refractivity contribution >= 4 is 18.2 Å². The summed E-state index contributed by atoms with van der Waals surface area (Å²) in [5, 5.41) is 0. The molecule has 2 heterocycles.